The van der Waals surface area contributed by atoms with Gasteiger partial charge in [0.05, 0.1) is 30.6 Å². The van der Waals surface area contributed by atoms with Gasteiger partial charge in [0.15, 0.2) is 12.1 Å². The van der Waals surface area contributed by atoms with Crippen LogP contribution in [0.4, 0.5) is 11.5 Å². The number of aliphatic imine (C=N–C) groups is 1. The average Bonchev–Trinajstić information content (AvgIpc) is 3.69. The van der Waals surface area contributed by atoms with E-state index in [-0.39, 0.29) is 11.9 Å². The number of ether oxygens (including phenoxy) is 1. The quantitative estimate of drug-likeness (QED) is 0.347. The zero-order chi connectivity index (χ0) is 27.3. The molecule has 0 radical (unpaired) electrons. The highest BCUT2D eigenvalue weighted by atomic mass is 16.5. The normalized spacial score (nSPS) is 23.9. The number of piperazine rings is 1. The molecule has 2 fully saturated rings. The third-order valence-electron chi connectivity index (χ3n) is 8.12. The van der Waals surface area contributed by atoms with Gasteiger partial charge in [-0.2, -0.15) is 0 Å². The number of aromatic amines is 1. The fraction of sp³-hybridized carbons (Fsp3) is 0.481. The Balaban J connectivity index is 1.24. The lowest BCUT2D eigenvalue weighted by Gasteiger charge is -2.36. The minimum Gasteiger partial charge on any atom is -0.478 e. The van der Waals surface area contributed by atoms with Crippen LogP contribution in [-0.4, -0.2) is 92.8 Å². The van der Waals surface area contributed by atoms with Gasteiger partial charge in [0.1, 0.15) is 5.69 Å². The zero-order valence-electron chi connectivity index (χ0n) is 23.0. The second-order valence-electron chi connectivity index (χ2n) is 10.6. The van der Waals surface area contributed by atoms with Gasteiger partial charge in [-0.15, -0.1) is 5.10 Å². The number of amides is 1. The van der Waals surface area contributed by atoms with Gasteiger partial charge in [0, 0.05) is 61.8 Å². The number of nitrogens with zero attached hydrogens (tertiary/aromatic N) is 6. The Morgan fingerprint density at radius 2 is 2.13 bits per heavy atom. The number of likely N-dealkylation sites (tertiary alicyclic amines) is 2. The molecule has 4 atom stereocenters. The minimum atomic E-state index is -0.409. The van der Waals surface area contributed by atoms with E-state index >= 15 is 0 Å². The molecule has 3 aliphatic rings. The number of carbonyl (C=O) groups is 1. The Labute approximate surface area is 227 Å². The lowest BCUT2D eigenvalue weighted by atomic mass is 10.0. The second kappa shape index (κ2) is 10.0. The van der Waals surface area contributed by atoms with Crippen LogP contribution in [0.3, 0.4) is 0 Å². The molecule has 4 unspecified atom stereocenters. The summed E-state index contributed by atoms with van der Waals surface area (Å²) in [6.45, 7) is 6.06. The van der Waals surface area contributed by atoms with E-state index in [1.165, 1.54) is 0 Å². The van der Waals surface area contributed by atoms with Crippen LogP contribution in [0.25, 0.3) is 10.9 Å². The zero-order valence-corrected chi connectivity index (χ0v) is 23.0. The molecule has 0 aliphatic carbocycles. The summed E-state index contributed by atoms with van der Waals surface area (Å²) in [5, 5.41) is 15.0. The van der Waals surface area contributed by atoms with Crippen molar-refractivity contribution >= 4 is 34.0 Å². The van der Waals surface area contributed by atoms with Crippen LogP contribution in [0, 0.1) is 0 Å². The van der Waals surface area contributed by atoms with Gasteiger partial charge in [-0.25, -0.2) is 9.98 Å². The lowest BCUT2D eigenvalue weighted by Crippen LogP contribution is -2.52. The van der Waals surface area contributed by atoms with Crippen LogP contribution in [0.5, 0.6) is 5.88 Å². The van der Waals surface area contributed by atoms with Crippen molar-refractivity contribution in [3.05, 3.63) is 42.0 Å². The van der Waals surface area contributed by atoms with Crippen LogP contribution >= 0.6 is 0 Å². The smallest absolute Gasteiger partial charge is 0.256 e. The summed E-state index contributed by atoms with van der Waals surface area (Å²) in [5.41, 5.74) is 4.30. The first kappa shape index (κ1) is 25.4. The maximum absolute atomic E-state index is 13.5. The number of aromatic nitrogens is 4. The molecule has 2 saturated heterocycles. The topological polar surface area (TPSA) is 128 Å². The molecular weight excluding hydrogens is 496 g/mol. The Morgan fingerprint density at radius 1 is 1.28 bits per heavy atom. The summed E-state index contributed by atoms with van der Waals surface area (Å²) >= 11 is 0. The van der Waals surface area contributed by atoms with E-state index in [0.717, 1.165) is 59.4 Å². The average molecular weight is 533 g/mol. The van der Waals surface area contributed by atoms with E-state index in [1.54, 1.807) is 18.0 Å². The van der Waals surface area contributed by atoms with Crippen LogP contribution in [0.15, 0.2) is 41.4 Å². The largest absolute Gasteiger partial charge is 0.478 e. The second-order valence-corrected chi connectivity index (χ2v) is 10.6. The van der Waals surface area contributed by atoms with Gasteiger partial charge in [-0.05, 0) is 38.5 Å². The number of hydrogen-bond donors (Lipinski definition) is 4. The predicted octanol–water partition coefficient (Wildman–Crippen LogP) is 2.10. The molecule has 12 nitrogen and oxygen atoms in total. The molecule has 4 N–H and O–H groups in total. The van der Waals surface area contributed by atoms with Crippen LogP contribution in [0.2, 0.25) is 0 Å². The molecule has 6 rings (SSSR count). The van der Waals surface area contributed by atoms with E-state index in [2.05, 4.69) is 54.8 Å². The standard InChI is InChI=1S/C27H36N10O2/c1-6-21(37-13-16-9-17(37)12-35(16)3)25(38)33-24-23-18(7-8-28-24)19(11-29-23)22-15(2)10-30-27(32-22)31-20-14-36(4)34-26(20)39-5/h7-8,10-11,14,16-17,21,27,29-31H,6,9,12-13H2,1-5H3,(H,28,33,38). The molecule has 6 heterocycles. The summed E-state index contributed by atoms with van der Waals surface area (Å²) in [5.74, 6) is 1.03. The Kier molecular flexibility index (Phi) is 6.51. The number of likely N-dealkylation sites (N-methyl/N-ethyl adjacent to an activating group) is 1. The maximum atomic E-state index is 13.5. The highest BCUT2D eigenvalue weighted by Gasteiger charge is 2.45. The Hall–Kier alpha value is -3.90. The summed E-state index contributed by atoms with van der Waals surface area (Å²) in [4.78, 5) is 31.1. The van der Waals surface area contributed by atoms with Gasteiger partial charge in [0.2, 0.25) is 5.91 Å². The van der Waals surface area contributed by atoms with Crippen molar-refractivity contribution in [2.45, 2.75) is 51.1 Å². The number of H-pyrrole nitrogens is 1. The number of aryl methyl sites for hydroxylation is 1. The number of methoxy groups -OCH3 is 1. The number of pyridine rings is 1. The van der Waals surface area contributed by atoms with E-state index in [9.17, 15) is 4.79 Å². The molecule has 3 aromatic heterocycles. The first-order chi connectivity index (χ1) is 18.9. The molecule has 0 aromatic carbocycles. The molecule has 0 spiro atoms. The van der Waals surface area contributed by atoms with Crippen molar-refractivity contribution in [1.29, 1.82) is 0 Å². The van der Waals surface area contributed by atoms with Crippen LogP contribution < -0.4 is 20.7 Å². The number of anilines is 2. The van der Waals surface area contributed by atoms with Gasteiger partial charge in [-0.1, -0.05) is 6.92 Å². The van der Waals surface area contributed by atoms with Crippen molar-refractivity contribution < 1.29 is 9.53 Å². The van der Waals surface area contributed by atoms with Crippen LogP contribution in [0.1, 0.15) is 32.3 Å². The van der Waals surface area contributed by atoms with E-state index in [4.69, 9.17) is 9.73 Å². The molecule has 0 saturated carbocycles. The summed E-state index contributed by atoms with van der Waals surface area (Å²) in [6, 6.07) is 2.77. The van der Waals surface area contributed by atoms with Crippen molar-refractivity contribution in [3.8, 4) is 5.88 Å². The highest BCUT2D eigenvalue weighted by Crippen LogP contribution is 2.33. The van der Waals surface area contributed by atoms with Crippen molar-refractivity contribution in [2.75, 3.05) is 37.9 Å². The summed E-state index contributed by atoms with van der Waals surface area (Å²) in [6.07, 6.45) is 8.95. The molecule has 3 aliphatic heterocycles. The Morgan fingerprint density at radius 3 is 2.85 bits per heavy atom. The number of allylic oxidation sites excluding steroid dienone is 1. The third kappa shape index (κ3) is 4.53. The first-order valence-electron chi connectivity index (χ1n) is 13.4. The van der Waals surface area contributed by atoms with Crippen molar-refractivity contribution in [2.24, 2.45) is 12.0 Å². The Bertz CT molecular complexity index is 1450. The fourth-order valence-electron chi connectivity index (χ4n) is 6.16. The molecule has 2 bridgehead atoms. The fourth-order valence-corrected chi connectivity index (χ4v) is 6.16. The van der Waals surface area contributed by atoms with E-state index in [0.29, 0.717) is 23.8 Å². The monoisotopic (exact) mass is 532 g/mol. The minimum absolute atomic E-state index is 0.00572. The van der Waals surface area contributed by atoms with Gasteiger partial charge < -0.3 is 30.6 Å². The number of hydrogen-bond acceptors (Lipinski definition) is 9. The van der Waals surface area contributed by atoms with E-state index < -0.39 is 6.29 Å². The molecule has 3 aromatic rings. The van der Waals surface area contributed by atoms with Gasteiger partial charge >= 0.3 is 0 Å². The molecule has 12 heteroatoms. The molecule has 206 valence electrons. The number of nitrogens with one attached hydrogen (secondary N) is 4. The molecular formula is C27H36N10O2. The predicted molar refractivity (Wildman–Crippen MR) is 151 cm³/mol. The summed E-state index contributed by atoms with van der Waals surface area (Å²) < 4.78 is 7.06. The van der Waals surface area contributed by atoms with E-state index in [1.807, 2.05) is 38.6 Å². The highest BCUT2D eigenvalue weighted by molar-refractivity contribution is 6.20. The SMILES string of the molecule is CCC(C(=O)Nc1nccc2c(C3=NC(Nc4cn(C)nc4OC)NC=C3C)c[nH]c12)N1CC2CC1CN2C. The molecule has 39 heavy (non-hydrogen) atoms. The number of fused-ring (bicyclic) bond motifs is 3. The van der Waals surface area contributed by atoms with Gasteiger partial charge in [-0.3, -0.25) is 14.4 Å². The number of carbonyl (C=O) groups excluding carboxylic acids is 1. The lowest BCUT2D eigenvalue weighted by molar-refractivity contribution is -0.122. The van der Waals surface area contributed by atoms with Crippen molar-refractivity contribution in [3.63, 3.8) is 0 Å². The van der Waals surface area contributed by atoms with Crippen molar-refractivity contribution in [1.82, 2.24) is 34.9 Å². The van der Waals surface area contributed by atoms with Gasteiger partial charge in [0.25, 0.3) is 5.88 Å². The first-order valence-corrected chi connectivity index (χ1v) is 13.4. The van der Waals surface area contributed by atoms with Crippen LogP contribution in [-0.2, 0) is 11.8 Å². The maximum Gasteiger partial charge on any atom is 0.256 e. The molecule has 1 amide bonds. The summed E-state index contributed by atoms with van der Waals surface area (Å²) in [7, 11) is 5.61. The third-order valence-corrected chi connectivity index (χ3v) is 8.12. The number of rotatable bonds is 8.